The van der Waals surface area contributed by atoms with Crippen LogP contribution in [0.1, 0.15) is 34.1 Å². The second-order valence-corrected chi connectivity index (χ2v) is 9.14. The number of thiol groups is 1. The van der Waals surface area contributed by atoms with Gasteiger partial charge < -0.3 is 18.6 Å². The van der Waals surface area contributed by atoms with E-state index >= 15 is 0 Å². The summed E-state index contributed by atoms with van der Waals surface area (Å²) in [5.41, 5.74) is 0. The molecule has 22 heavy (non-hydrogen) atoms. The molecule has 10 heteroatoms. The molecule has 1 aromatic rings. The fourth-order valence-corrected chi connectivity index (χ4v) is 6.89. The maximum atomic E-state index is 5.81. The van der Waals surface area contributed by atoms with Crippen LogP contribution in [0.2, 0.25) is 0 Å². The van der Waals surface area contributed by atoms with Crippen molar-refractivity contribution in [3.05, 3.63) is 0 Å². The molecule has 1 heterocycles. The van der Waals surface area contributed by atoms with Crippen LogP contribution in [0.25, 0.3) is 0 Å². The zero-order valence-corrected chi connectivity index (χ0v) is 16.2. The standard InChI is InChI=1S/C12H24N4O3S2Si/c1-5-9-13-11-10(20)12(15-16-14-11)21-22(17-6-2,18-7-3)19-8-4/h5-9H2,1-4H3,(H,16,20)(H,13,14,15). The molecule has 0 unspecified atom stereocenters. The normalized spacial score (nSPS) is 11.7. The van der Waals surface area contributed by atoms with Crippen molar-refractivity contribution in [3.63, 3.8) is 0 Å². The third kappa shape index (κ3) is 5.67. The summed E-state index contributed by atoms with van der Waals surface area (Å²) in [4.78, 5) is 0.629. The first kappa shape index (κ1) is 19.7. The lowest BCUT2D eigenvalue weighted by Crippen LogP contribution is -2.43. The largest absolute Gasteiger partial charge is 0.579 e. The van der Waals surface area contributed by atoms with E-state index in [4.69, 9.17) is 13.3 Å². The molecule has 7 nitrogen and oxygen atoms in total. The summed E-state index contributed by atoms with van der Waals surface area (Å²) in [7, 11) is -2.91. The van der Waals surface area contributed by atoms with Crippen LogP contribution >= 0.6 is 23.8 Å². The van der Waals surface area contributed by atoms with Crippen molar-refractivity contribution in [2.75, 3.05) is 31.7 Å². The zero-order chi connectivity index (χ0) is 16.4. The highest BCUT2D eigenvalue weighted by Crippen LogP contribution is 2.36. The van der Waals surface area contributed by atoms with Crippen LogP contribution < -0.4 is 5.32 Å². The first-order valence-corrected chi connectivity index (χ1v) is 11.1. The van der Waals surface area contributed by atoms with Crippen LogP contribution in [0.15, 0.2) is 9.92 Å². The van der Waals surface area contributed by atoms with E-state index in [2.05, 4.69) is 40.3 Å². The lowest BCUT2D eigenvalue weighted by molar-refractivity contribution is 0.0965. The van der Waals surface area contributed by atoms with Gasteiger partial charge in [0.1, 0.15) is 5.03 Å². The molecule has 0 saturated carbocycles. The molecule has 1 N–H and O–H groups in total. The van der Waals surface area contributed by atoms with E-state index in [1.165, 1.54) is 11.2 Å². The Morgan fingerprint density at radius 3 is 2.14 bits per heavy atom. The summed E-state index contributed by atoms with van der Waals surface area (Å²) in [6.45, 7) is 10.1. The number of hydrogen-bond donors (Lipinski definition) is 2. The second-order valence-electron chi connectivity index (χ2n) is 4.12. The monoisotopic (exact) mass is 364 g/mol. The van der Waals surface area contributed by atoms with Crippen LogP contribution in [0, 0.1) is 0 Å². The quantitative estimate of drug-likeness (QED) is 0.458. The Bertz CT molecular complexity index is 439. The highest BCUT2D eigenvalue weighted by Gasteiger charge is 2.44. The Kier molecular flexibility index (Phi) is 9.29. The molecule has 0 bridgehead atoms. The van der Waals surface area contributed by atoms with Gasteiger partial charge >= 0.3 is 7.95 Å². The molecule has 0 fully saturated rings. The van der Waals surface area contributed by atoms with Crippen molar-refractivity contribution in [2.45, 2.75) is 44.0 Å². The Morgan fingerprint density at radius 2 is 1.64 bits per heavy atom. The van der Waals surface area contributed by atoms with Crippen LogP contribution in [0.4, 0.5) is 5.82 Å². The fourth-order valence-electron chi connectivity index (χ4n) is 1.60. The van der Waals surface area contributed by atoms with Gasteiger partial charge in [0.15, 0.2) is 5.82 Å². The number of aromatic nitrogens is 3. The molecule has 1 aromatic heterocycles. The zero-order valence-electron chi connectivity index (χ0n) is 13.5. The molecule has 0 aromatic carbocycles. The first-order chi connectivity index (χ1) is 10.6. The minimum atomic E-state index is -2.91. The molecule has 0 aliphatic carbocycles. The van der Waals surface area contributed by atoms with Gasteiger partial charge in [0.2, 0.25) is 0 Å². The molecule has 0 radical (unpaired) electrons. The SMILES string of the molecule is CCCNc1nnnc(S[Si](OCC)(OCC)OCC)c1S. The third-order valence-electron chi connectivity index (χ3n) is 2.43. The lowest BCUT2D eigenvalue weighted by Gasteiger charge is -2.26. The van der Waals surface area contributed by atoms with Crippen molar-refractivity contribution in [1.29, 1.82) is 0 Å². The minimum Gasteiger partial charge on any atom is -0.368 e. The van der Waals surface area contributed by atoms with Gasteiger partial charge in [-0.1, -0.05) is 6.92 Å². The summed E-state index contributed by atoms with van der Waals surface area (Å²) in [5, 5.41) is 15.6. The van der Waals surface area contributed by atoms with Gasteiger partial charge in [0.25, 0.3) is 0 Å². The summed E-state index contributed by atoms with van der Waals surface area (Å²) < 4.78 is 17.4. The smallest absolute Gasteiger partial charge is 0.368 e. The van der Waals surface area contributed by atoms with Crippen LogP contribution in [-0.2, 0) is 13.3 Å². The average Bonchev–Trinajstić information content (AvgIpc) is 2.49. The van der Waals surface area contributed by atoms with Crippen molar-refractivity contribution in [2.24, 2.45) is 0 Å². The van der Waals surface area contributed by atoms with Gasteiger partial charge in [-0.05, 0) is 43.6 Å². The van der Waals surface area contributed by atoms with Gasteiger partial charge in [-0.2, -0.15) is 0 Å². The molecule has 0 spiro atoms. The van der Waals surface area contributed by atoms with E-state index in [1.54, 1.807) is 0 Å². The fraction of sp³-hybridized carbons (Fsp3) is 0.750. The van der Waals surface area contributed by atoms with E-state index in [-0.39, 0.29) is 0 Å². The Labute approximate surface area is 142 Å². The van der Waals surface area contributed by atoms with Crippen molar-refractivity contribution < 1.29 is 13.3 Å². The van der Waals surface area contributed by atoms with Crippen LogP contribution in [-0.4, -0.2) is 49.7 Å². The van der Waals surface area contributed by atoms with Gasteiger partial charge in [-0.3, -0.25) is 0 Å². The van der Waals surface area contributed by atoms with Gasteiger partial charge in [0, 0.05) is 26.4 Å². The lowest BCUT2D eigenvalue weighted by atomic mass is 10.5. The number of rotatable bonds is 11. The van der Waals surface area contributed by atoms with Gasteiger partial charge in [0.05, 0.1) is 4.90 Å². The molecule has 0 aliphatic rings. The Hall–Kier alpha value is -0.393. The first-order valence-electron chi connectivity index (χ1n) is 7.39. The van der Waals surface area contributed by atoms with Crippen molar-refractivity contribution >= 4 is 37.6 Å². The molecule has 0 saturated heterocycles. The van der Waals surface area contributed by atoms with Crippen LogP contribution in [0.3, 0.4) is 0 Å². The highest BCUT2D eigenvalue weighted by atomic mass is 32.4. The average molecular weight is 365 g/mol. The van der Waals surface area contributed by atoms with Gasteiger partial charge in [-0.15, -0.1) is 22.8 Å². The predicted octanol–water partition coefficient (Wildman–Crippen LogP) is 2.62. The predicted molar refractivity (Wildman–Crippen MR) is 92.3 cm³/mol. The summed E-state index contributed by atoms with van der Waals surface area (Å²) in [6.07, 6.45) is 0.981. The van der Waals surface area contributed by atoms with E-state index in [0.717, 1.165) is 13.0 Å². The van der Waals surface area contributed by atoms with Crippen LogP contribution in [0.5, 0.6) is 0 Å². The third-order valence-corrected chi connectivity index (χ3v) is 8.06. The number of anilines is 1. The Morgan fingerprint density at radius 1 is 1.05 bits per heavy atom. The molecule has 1 rings (SSSR count). The van der Waals surface area contributed by atoms with Gasteiger partial charge in [-0.25, -0.2) is 0 Å². The molecule has 0 aliphatic heterocycles. The van der Waals surface area contributed by atoms with Crippen molar-refractivity contribution in [1.82, 2.24) is 15.4 Å². The minimum absolute atomic E-state index is 0.501. The number of hydrogen-bond acceptors (Lipinski definition) is 9. The van der Waals surface area contributed by atoms with E-state index in [9.17, 15) is 0 Å². The highest BCUT2D eigenvalue weighted by molar-refractivity contribution is 8.26. The number of nitrogens with one attached hydrogen (secondary N) is 1. The van der Waals surface area contributed by atoms with Crippen molar-refractivity contribution in [3.8, 4) is 0 Å². The molecule has 0 atom stereocenters. The topological polar surface area (TPSA) is 78.4 Å². The molecule has 126 valence electrons. The summed E-state index contributed by atoms with van der Waals surface area (Å²) in [5.74, 6) is 0.607. The summed E-state index contributed by atoms with van der Waals surface area (Å²) >= 11 is 5.83. The Balaban J connectivity index is 3.01. The maximum Gasteiger partial charge on any atom is 0.579 e. The molecule has 0 amide bonds. The molecular formula is C12H24N4O3S2Si. The maximum absolute atomic E-state index is 5.81. The summed E-state index contributed by atoms with van der Waals surface area (Å²) in [6, 6.07) is 0. The van der Waals surface area contributed by atoms with E-state index in [1.807, 2.05) is 20.8 Å². The number of nitrogens with zero attached hydrogens (tertiary/aromatic N) is 3. The van der Waals surface area contributed by atoms with E-state index < -0.39 is 7.95 Å². The van der Waals surface area contributed by atoms with E-state index in [0.29, 0.717) is 35.6 Å². The second kappa shape index (κ2) is 10.4. The molecular weight excluding hydrogens is 340 g/mol.